The number of ether oxygens (including phenoxy) is 2. The van der Waals surface area contributed by atoms with Gasteiger partial charge in [-0.2, -0.15) is 0 Å². The minimum absolute atomic E-state index is 0.000169. The lowest BCUT2D eigenvalue weighted by molar-refractivity contribution is -0.220. The first-order valence-electron chi connectivity index (χ1n) is 23.2. The van der Waals surface area contributed by atoms with Crippen molar-refractivity contribution in [1.29, 1.82) is 0 Å². The van der Waals surface area contributed by atoms with Crippen LogP contribution >= 0.6 is 7.82 Å². The van der Waals surface area contributed by atoms with Gasteiger partial charge in [-0.05, 0) is 44.9 Å². The standard InChI is InChI=1S/C47H81O14P/c1-3-5-7-8-9-10-11-12-13-14-18-21-24-27-30-34-40(49)58-36-39(37-59-62(56,57)61-47-45(54)43(52)42(51)44(53)46(47)55)60-41(50)35-31-28-25-22-19-16-15-17-20-23-26-29-33-38(48)32-6-4-2/h6,15-16,20,22-23,25-26,29,32,38-39,42-48,51-55H,3-5,7-14,17-19,21,24,27-28,30-31,33-37H2,1-2H3,(H,56,57)/b16-15-,23-20-,25-22-,29-26+,32-6-/t38?,39-,42?,43-,44+,45-,46-,47?/m1/s1. The fraction of sp³-hybridized carbons (Fsp3) is 0.745. The number of unbranched alkanes of at least 4 members (excludes halogenated alkanes) is 15. The van der Waals surface area contributed by atoms with Crippen LogP contribution in [0.25, 0.3) is 0 Å². The highest BCUT2D eigenvalue weighted by molar-refractivity contribution is 7.47. The summed E-state index contributed by atoms with van der Waals surface area (Å²) in [4.78, 5) is 35.7. The first-order valence-corrected chi connectivity index (χ1v) is 24.7. The summed E-state index contributed by atoms with van der Waals surface area (Å²) in [5.41, 5.74) is 0. The van der Waals surface area contributed by atoms with Crippen LogP contribution in [-0.2, 0) is 32.7 Å². The highest BCUT2D eigenvalue weighted by atomic mass is 31.2. The summed E-state index contributed by atoms with van der Waals surface area (Å²) in [7, 11) is -5.14. The average Bonchev–Trinajstić information content (AvgIpc) is 3.25. The molecule has 0 aliphatic heterocycles. The number of phosphoric ester groups is 1. The summed E-state index contributed by atoms with van der Waals surface area (Å²) < 4.78 is 33.4. The van der Waals surface area contributed by atoms with E-state index in [1.54, 1.807) is 6.08 Å². The summed E-state index contributed by atoms with van der Waals surface area (Å²) in [6.45, 7) is 3.01. The van der Waals surface area contributed by atoms with Gasteiger partial charge in [0.1, 0.15) is 43.2 Å². The highest BCUT2D eigenvalue weighted by Crippen LogP contribution is 2.47. The average molecular weight is 901 g/mol. The summed E-state index contributed by atoms with van der Waals surface area (Å²) in [6.07, 6.45) is 27.6. The lowest BCUT2D eigenvalue weighted by atomic mass is 9.85. The normalized spacial score (nSPS) is 22.9. The van der Waals surface area contributed by atoms with Crippen molar-refractivity contribution in [2.75, 3.05) is 13.2 Å². The minimum atomic E-state index is -5.14. The Morgan fingerprint density at radius 1 is 0.597 bits per heavy atom. The molecule has 9 atom stereocenters. The molecule has 15 heteroatoms. The van der Waals surface area contributed by atoms with Gasteiger partial charge in [-0.3, -0.25) is 18.6 Å². The predicted octanol–water partition coefficient (Wildman–Crippen LogP) is 7.92. The van der Waals surface area contributed by atoms with Crippen molar-refractivity contribution in [2.45, 2.75) is 210 Å². The number of carbonyl (C=O) groups is 2. The molecule has 7 N–H and O–H groups in total. The SMILES string of the molecule is CC/C=C\C(O)C/C=C/C=C\C/C=C\C/C=C\CCCC(=O)O[C@H](COC(=O)CCCCCCCCCCCCCCCCC)COP(=O)(O)OC1[C@H](O)[C@H](O)C(O)[C@H](O)[C@H]1O. The zero-order valence-electron chi connectivity index (χ0n) is 37.5. The van der Waals surface area contributed by atoms with Gasteiger partial charge in [0.2, 0.25) is 0 Å². The van der Waals surface area contributed by atoms with Crippen molar-refractivity contribution in [3.63, 3.8) is 0 Å². The van der Waals surface area contributed by atoms with E-state index in [-0.39, 0.29) is 12.8 Å². The highest BCUT2D eigenvalue weighted by Gasteiger charge is 2.51. The van der Waals surface area contributed by atoms with Crippen molar-refractivity contribution in [2.24, 2.45) is 0 Å². The molecule has 0 aromatic rings. The Morgan fingerprint density at radius 3 is 1.68 bits per heavy atom. The molecule has 62 heavy (non-hydrogen) atoms. The molecular weight excluding hydrogens is 819 g/mol. The second-order valence-electron chi connectivity index (χ2n) is 16.1. The number of aliphatic hydroxyl groups excluding tert-OH is 6. The third-order valence-corrected chi connectivity index (χ3v) is 11.4. The molecule has 1 saturated carbocycles. The van der Waals surface area contributed by atoms with E-state index in [4.69, 9.17) is 18.5 Å². The largest absolute Gasteiger partial charge is 0.472 e. The number of hydrogen-bond donors (Lipinski definition) is 7. The molecule has 4 unspecified atom stereocenters. The van der Waals surface area contributed by atoms with Crippen LogP contribution in [-0.4, -0.2) is 110 Å². The Balaban J connectivity index is 2.52. The van der Waals surface area contributed by atoms with Crippen LogP contribution in [0.4, 0.5) is 0 Å². The molecule has 358 valence electrons. The van der Waals surface area contributed by atoms with E-state index in [1.165, 1.54) is 70.6 Å². The zero-order chi connectivity index (χ0) is 45.9. The first kappa shape index (κ1) is 57.5. The van der Waals surface area contributed by atoms with Gasteiger partial charge in [-0.25, -0.2) is 4.57 Å². The van der Waals surface area contributed by atoms with Crippen molar-refractivity contribution in [3.05, 3.63) is 60.8 Å². The molecule has 0 amide bonds. The molecule has 14 nitrogen and oxygen atoms in total. The zero-order valence-corrected chi connectivity index (χ0v) is 38.4. The Hall–Kier alpha value is -2.49. The summed E-state index contributed by atoms with van der Waals surface area (Å²) in [5, 5.41) is 59.9. The fourth-order valence-electron chi connectivity index (χ4n) is 6.70. The van der Waals surface area contributed by atoms with Gasteiger partial charge >= 0.3 is 19.8 Å². The van der Waals surface area contributed by atoms with Gasteiger partial charge in [0, 0.05) is 12.8 Å². The van der Waals surface area contributed by atoms with Gasteiger partial charge in [0.05, 0.1) is 12.7 Å². The number of phosphoric acid groups is 1. The van der Waals surface area contributed by atoms with Gasteiger partial charge in [-0.1, -0.05) is 164 Å². The van der Waals surface area contributed by atoms with Crippen molar-refractivity contribution < 1.29 is 68.2 Å². The lowest BCUT2D eigenvalue weighted by Gasteiger charge is -2.41. The molecule has 0 aromatic heterocycles. The maximum atomic E-state index is 12.8. The molecule has 1 aliphatic carbocycles. The Labute approximate surface area is 371 Å². The number of allylic oxidation sites excluding steroid dienone is 8. The summed E-state index contributed by atoms with van der Waals surface area (Å²) in [5.74, 6) is -1.19. The Kier molecular flexibility index (Phi) is 34.2. The van der Waals surface area contributed by atoms with E-state index in [9.17, 15) is 49.7 Å². The van der Waals surface area contributed by atoms with E-state index >= 15 is 0 Å². The molecule has 0 heterocycles. The topological polar surface area (TPSA) is 230 Å². The van der Waals surface area contributed by atoms with Gasteiger partial charge in [0.25, 0.3) is 0 Å². The number of hydrogen-bond acceptors (Lipinski definition) is 13. The number of esters is 2. The molecular formula is C47H81O14P. The molecule has 1 rings (SSSR count). The third kappa shape index (κ3) is 29.1. The van der Waals surface area contributed by atoms with Gasteiger partial charge < -0.3 is 45.0 Å². The van der Waals surface area contributed by atoms with Crippen LogP contribution in [0.15, 0.2) is 60.8 Å². The van der Waals surface area contributed by atoms with Crippen LogP contribution in [0.2, 0.25) is 0 Å². The minimum Gasteiger partial charge on any atom is -0.462 e. The fourth-order valence-corrected chi connectivity index (χ4v) is 7.67. The van der Waals surface area contributed by atoms with Crippen molar-refractivity contribution >= 4 is 19.8 Å². The van der Waals surface area contributed by atoms with Crippen molar-refractivity contribution in [1.82, 2.24) is 0 Å². The van der Waals surface area contributed by atoms with Gasteiger partial charge in [0.15, 0.2) is 6.10 Å². The van der Waals surface area contributed by atoms with Crippen LogP contribution in [0.3, 0.4) is 0 Å². The summed E-state index contributed by atoms with van der Waals surface area (Å²) in [6, 6.07) is 0. The molecule has 0 radical (unpaired) electrons. The van der Waals surface area contributed by atoms with Gasteiger partial charge in [-0.15, -0.1) is 0 Å². The maximum absolute atomic E-state index is 12.8. The monoisotopic (exact) mass is 901 g/mol. The molecule has 1 aliphatic rings. The Bertz CT molecular complexity index is 1330. The third-order valence-electron chi connectivity index (χ3n) is 10.4. The maximum Gasteiger partial charge on any atom is 0.472 e. The second kappa shape index (κ2) is 36.8. The van der Waals surface area contributed by atoms with Crippen LogP contribution in [0.1, 0.15) is 162 Å². The first-order chi connectivity index (χ1) is 29.8. The van der Waals surface area contributed by atoms with Crippen LogP contribution in [0.5, 0.6) is 0 Å². The van der Waals surface area contributed by atoms with Crippen molar-refractivity contribution in [3.8, 4) is 0 Å². The Morgan fingerprint density at radius 2 is 1.10 bits per heavy atom. The van der Waals surface area contributed by atoms with E-state index in [0.29, 0.717) is 32.1 Å². The molecule has 0 saturated heterocycles. The second-order valence-corrected chi connectivity index (χ2v) is 17.5. The number of aliphatic hydroxyl groups is 6. The molecule has 0 spiro atoms. The lowest BCUT2D eigenvalue weighted by Crippen LogP contribution is -2.64. The van der Waals surface area contributed by atoms with E-state index < -0.39 is 81.8 Å². The predicted molar refractivity (Wildman–Crippen MR) is 241 cm³/mol. The molecule has 0 aromatic carbocycles. The van der Waals surface area contributed by atoms with Crippen LogP contribution < -0.4 is 0 Å². The molecule has 0 bridgehead atoms. The number of carbonyl (C=O) groups excluding carboxylic acids is 2. The van der Waals surface area contributed by atoms with Crippen LogP contribution in [0, 0.1) is 0 Å². The quantitative estimate of drug-likeness (QED) is 0.0103. The van der Waals surface area contributed by atoms with E-state index in [1.807, 2.05) is 61.6 Å². The number of rotatable bonds is 37. The van der Waals surface area contributed by atoms with E-state index in [0.717, 1.165) is 32.1 Å². The smallest absolute Gasteiger partial charge is 0.462 e. The molecule has 1 fully saturated rings. The summed E-state index contributed by atoms with van der Waals surface area (Å²) >= 11 is 0. The van der Waals surface area contributed by atoms with E-state index in [2.05, 4.69) is 6.92 Å².